The van der Waals surface area contributed by atoms with E-state index >= 15 is 0 Å². The van der Waals surface area contributed by atoms with E-state index in [2.05, 4.69) is 10.5 Å². The molecule has 4 heteroatoms. The van der Waals surface area contributed by atoms with Gasteiger partial charge in [0.1, 0.15) is 0 Å². The second-order valence-corrected chi connectivity index (χ2v) is 4.37. The molecule has 1 aromatic rings. The van der Waals surface area contributed by atoms with Gasteiger partial charge in [-0.05, 0) is 31.2 Å². The van der Waals surface area contributed by atoms with Crippen LogP contribution in [0.4, 0.5) is 0 Å². The lowest BCUT2D eigenvalue weighted by Crippen LogP contribution is -2.20. The number of carbonyl (C=O) groups excluding carboxylic acids is 1. The zero-order valence-corrected chi connectivity index (χ0v) is 8.80. The summed E-state index contributed by atoms with van der Waals surface area (Å²) in [6, 6.07) is 3.97. The Morgan fingerprint density at radius 1 is 1.64 bits per heavy atom. The van der Waals surface area contributed by atoms with Crippen molar-refractivity contribution in [3.63, 3.8) is 0 Å². The molecule has 1 amide bonds. The molecule has 0 aliphatic heterocycles. The van der Waals surface area contributed by atoms with Gasteiger partial charge in [0, 0.05) is 10.8 Å². The highest BCUT2D eigenvalue weighted by molar-refractivity contribution is 7.12. The van der Waals surface area contributed by atoms with Crippen LogP contribution in [0.25, 0.3) is 0 Å². The monoisotopic (exact) mass is 208 g/mol. The summed E-state index contributed by atoms with van der Waals surface area (Å²) < 4.78 is 0. The van der Waals surface area contributed by atoms with E-state index in [0.29, 0.717) is 0 Å². The van der Waals surface area contributed by atoms with Crippen LogP contribution in [0, 0.1) is 5.92 Å². The highest BCUT2D eigenvalue weighted by Gasteiger charge is 2.29. The zero-order valence-electron chi connectivity index (χ0n) is 7.99. The number of hydrazone groups is 1. The molecule has 0 spiro atoms. The van der Waals surface area contributed by atoms with Crippen LogP contribution in [0.2, 0.25) is 0 Å². The number of hydrogen-bond acceptors (Lipinski definition) is 3. The molecule has 1 aliphatic carbocycles. The fourth-order valence-electron chi connectivity index (χ4n) is 1.12. The van der Waals surface area contributed by atoms with E-state index < -0.39 is 0 Å². The molecule has 0 aromatic carbocycles. The van der Waals surface area contributed by atoms with Crippen LogP contribution in [0.1, 0.15) is 24.6 Å². The summed E-state index contributed by atoms with van der Waals surface area (Å²) in [6.45, 7) is 1.90. The number of hydrogen-bond donors (Lipinski definition) is 1. The topological polar surface area (TPSA) is 41.5 Å². The van der Waals surface area contributed by atoms with Crippen LogP contribution in [-0.2, 0) is 4.79 Å². The minimum Gasteiger partial charge on any atom is -0.273 e. The summed E-state index contributed by atoms with van der Waals surface area (Å²) in [6.07, 6.45) is 2.03. The summed E-state index contributed by atoms with van der Waals surface area (Å²) >= 11 is 1.62. The van der Waals surface area contributed by atoms with Crippen molar-refractivity contribution in [1.29, 1.82) is 0 Å². The van der Waals surface area contributed by atoms with E-state index in [9.17, 15) is 4.79 Å². The normalized spacial score (nSPS) is 16.8. The molecule has 2 rings (SSSR count). The Balaban J connectivity index is 1.93. The smallest absolute Gasteiger partial charge is 0.243 e. The van der Waals surface area contributed by atoms with Gasteiger partial charge in [0.25, 0.3) is 0 Å². The molecule has 74 valence electrons. The fraction of sp³-hybridized carbons (Fsp3) is 0.400. The van der Waals surface area contributed by atoms with Crippen LogP contribution in [0.5, 0.6) is 0 Å². The van der Waals surface area contributed by atoms with E-state index in [4.69, 9.17) is 0 Å². The Bertz CT molecular complexity index is 352. The van der Waals surface area contributed by atoms with Gasteiger partial charge in [0.15, 0.2) is 0 Å². The largest absolute Gasteiger partial charge is 0.273 e. The van der Waals surface area contributed by atoms with Crippen molar-refractivity contribution in [1.82, 2.24) is 5.43 Å². The van der Waals surface area contributed by atoms with Crippen molar-refractivity contribution < 1.29 is 4.79 Å². The van der Waals surface area contributed by atoms with E-state index in [-0.39, 0.29) is 11.8 Å². The minimum absolute atomic E-state index is 0.0564. The Morgan fingerprint density at radius 3 is 3.00 bits per heavy atom. The number of nitrogens with one attached hydrogen (secondary N) is 1. The van der Waals surface area contributed by atoms with Crippen LogP contribution in [0.3, 0.4) is 0 Å². The Morgan fingerprint density at radius 2 is 2.43 bits per heavy atom. The van der Waals surface area contributed by atoms with Gasteiger partial charge in [0.2, 0.25) is 5.91 Å². The molecule has 1 fully saturated rings. The molecule has 1 aromatic heterocycles. The third-order valence-electron chi connectivity index (χ3n) is 2.16. The maximum atomic E-state index is 11.3. The lowest BCUT2D eigenvalue weighted by atomic mass is 10.3. The van der Waals surface area contributed by atoms with Gasteiger partial charge in [0.05, 0.1) is 5.71 Å². The number of amides is 1. The van der Waals surface area contributed by atoms with Crippen LogP contribution in [-0.4, -0.2) is 11.6 Å². The summed E-state index contributed by atoms with van der Waals surface area (Å²) in [5, 5.41) is 6.05. The number of rotatable bonds is 3. The van der Waals surface area contributed by atoms with Crippen molar-refractivity contribution >= 4 is 23.0 Å². The summed E-state index contributed by atoms with van der Waals surface area (Å²) in [5.74, 6) is 0.274. The highest BCUT2D eigenvalue weighted by Crippen LogP contribution is 2.28. The molecule has 0 radical (unpaired) electrons. The molecule has 1 aliphatic rings. The van der Waals surface area contributed by atoms with Gasteiger partial charge in [-0.3, -0.25) is 4.79 Å². The van der Waals surface area contributed by atoms with Gasteiger partial charge in [-0.1, -0.05) is 6.07 Å². The molecule has 0 bridgehead atoms. The Hall–Kier alpha value is -1.16. The van der Waals surface area contributed by atoms with Crippen molar-refractivity contribution in [2.24, 2.45) is 11.0 Å². The standard InChI is InChI=1S/C10H12N2OS/c1-7(9-3-2-6-14-9)11-12-10(13)8-4-5-8/h2-3,6,8H,4-5H2,1H3,(H,12,13)/b11-7+. The van der Waals surface area contributed by atoms with E-state index in [0.717, 1.165) is 23.4 Å². The zero-order chi connectivity index (χ0) is 9.97. The lowest BCUT2D eigenvalue weighted by Gasteiger charge is -1.98. The van der Waals surface area contributed by atoms with E-state index in [1.807, 2.05) is 24.4 Å². The predicted octanol–water partition coefficient (Wildman–Crippen LogP) is 2.00. The van der Waals surface area contributed by atoms with Gasteiger partial charge in [-0.2, -0.15) is 5.10 Å². The average Bonchev–Trinajstić information content (AvgIpc) is 2.90. The molecule has 1 heterocycles. The quantitative estimate of drug-likeness (QED) is 0.599. The maximum Gasteiger partial charge on any atom is 0.243 e. The second-order valence-electron chi connectivity index (χ2n) is 3.42. The molecule has 0 atom stereocenters. The first-order chi connectivity index (χ1) is 6.77. The summed E-state index contributed by atoms with van der Waals surface area (Å²) in [7, 11) is 0. The van der Waals surface area contributed by atoms with Crippen LogP contribution in [0.15, 0.2) is 22.6 Å². The molecule has 3 nitrogen and oxygen atoms in total. The minimum atomic E-state index is 0.0564. The lowest BCUT2D eigenvalue weighted by molar-refractivity contribution is -0.122. The Labute approximate surface area is 86.8 Å². The molecular formula is C10H12N2OS. The third kappa shape index (κ3) is 2.20. The van der Waals surface area contributed by atoms with Crippen molar-refractivity contribution in [2.45, 2.75) is 19.8 Å². The van der Waals surface area contributed by atoms with E-state index in [1.54, 1.807) is 11.3 Å². The number of thiophene rings is 1. The number of carbonyl (C=O) groups is 1. The molecule has 14 heavy (non-hydrogen) atoms. The van der Waals surface area contributed by atoms with Gasteiger partial charge < -0.3 is 0 Å². The van der Waals surface area contributed by atoms with Gasteiger partial charge in [-0.15, -0.1) is 11.3 Å². The first-order valence-corrected chi connectivity index (χ1v) is 5.53. The van der Waals surface area contributed by atoms with Gasteiger partial charge in [-0.25, -0.2) is 5.43 Å². The summed E-state index contributed by atoms with van der Waals surface area (Å²) in [5.41, 5.74) is 3.46. The molecule has 1 N–H and O–H groups in total. The van der Waals surface area contributed by atoms with Crippen molar-refractivity contribution in [3.8, 4) is 0 Å². The molecular weight excluding hydrogens is 196 g/mol. The van der Waals surface area contributed by atoms with Crippen molar-refractivity contribution in [2.75, 3.05) is 0 Å². The summed E-state index contributed by atoms with van der Waals surface area (Å²) in [4.78, 5) is 12.4. The SMILES string of the molecule is C/C(=N\NC(=O)C1CC1)c1cccs1. The van der Waals surface area contributed by atoms with E-state index in [1.165, 1.54) is 0 Å². The highest BCUT2D eigenvalue weighted by atomic mass is 32.1. The molecule has 1 saturated carbocycles. The van der Waals surface area contributed by atoms with Crippen LogP contribution < -0.4 is 5.43 Å². The molecule has 0 saturated heterocycles. The van der Waals surface area contributed by atoms with Crippen LogP contribution >= 0.6 is 11.3 Å². The Kier molecular flexibility index (Phi) is 2.63. The molecule has 0 unspecified atom stereocenters. The average molecular weight is 208 g/mol. The van der Waals surface area contributed by atoms with Gasteiger partial charge >= 0.3 is 0 Å². The number of nitrogens with zero attached hydrogens (tertiary/aromatic N) is 1. The first kappa shape index (κ1) is 9.40. The predicted molar refractivity (Wildman–Crippen MR) is 57.4 cm³/mol. The van der Waals surface area contributed by atoms with Crippen molar-refractivity contribution in [3.05, 3.63) is 22.4 Å². The first-order valence-electron chi connectivity index (χ1n) is 4.65. The fourth-order valence-corrected chi connectivity index (χ4v) is 1.79. The second kappa shape index (κ2) is 3.92. The maximum absolute atomic E-state index is 11.3. The third-order valence-corrected chi connectivity index (χ3v) is 3.14.